The largest absolute Gasteiger partial charge is 0.404 e. The molecule has 2 aliphatic heterocycles. The molecule has 8 heteroatoms. The van der Waals surface area contributed by atoms with Crippen molar-refractivity contribution in [3.63, 3.8) is 0 Å². The molecule has 150 valence electrons. The predicted octanol–water partition coefficient (Wildman–Crippen LogP) is 2.90. The van der Waals surface area contributed by atoms with Gasteiger partial charge in [-0.2, -0.15) is 13.2 Å². The zero-order chi connectivity index (χ0) is 18.6. The van der Waals surface area contributed by atoms with E-state index in [-0.39, 0.29) is 38.5 Å². The lowest BCUT2D eigenvalue weighted by atomic mass is 9.85. The normalized spacial score (nSPS) is 23.4. The number of halogens is 4. The molecule has 2 aliphatic rings. The highest BCUT2D eigenvalue weighted by Gasteiger charge is 2.62. The third-order valence-corrected chi connectivity index (χ3v) is 5.21. The Bertz CT molecular complexity index is 666. The third-order valence-electron chi connectivity index (χ3n) is 5.21. The van der Waals surface area contributed by atoms with Crippen molar-refractivity contribution < 1.29 is 18.0 Å². The first kappa shape index (κ1) is 21.7. The molecule has 0 aliphatic carbocycles. The van der Waals surface area contributed by atoms with Crippen molar-refractivity contribution in [2.75, 3.05) is 32.7 Å². The van der Waals surface area contributed by atoms with Crippen LogP contribution in [-0.2, 0) is 11.3 Å². The van der Waals surface area contributed by atoms with Crippen LogP contribution in [0.5, 0.6) is 0 Å². The Morgan fingerprint density at radius 3 is 2.63 bits per heavy atom. The third kappa shape index (κ3) is 5.03. The minimum atomic E-state index is -4.56. The zero-order valence-corrected chi connectivity index (χ0v) is 15.8. The van der Waals surface area contributed by atoms with E-state index in [1.54, 1.807) is 4.90 Å². The molecule has 0 aromatic heterocycles. The van der Waals surface area contributed by atoms with Crippen LogP contribution in [0.4, 0.5) is 13.2 Å². The molecule has 1 unspecified atom stereocenters. The molecule has 1 aromatic carbocycles. The van der Waals surface area contributed by atoms with Crippen LogP contribution >= 0.6 is 12.4 Å². The van der Waals surface area contributed by atoms with Crippen molar-refractivity contribution in [3.8, 4) is 0 Å². The number of nitrogens with zero attached hydrogens (tertiary/aromatic N) is 1. The van der Waals surface area contributed by atoms with Crippen LogP contribution in [0.3, 0.4) is 0 Å². The monoisotopic (exact) mass is 403 g/mol. The number of carbonyl (C=O) groups excluding carboxylic acids is 1. The summed E-state index contributed by atoms with van der Waals surface area (Å²) >= 11 is 0. The minimum Gasteiger partial charge on any atom is -0.352 e. The van der Waals surface area contributed by atoms with Crippen LogP contribution in [0.15, 0.2) is 42.0 Å². The molecule has 1 aromatic rings. The van der Waals surface area contributed by atoms with Gasteiger partial charge in [-0.1, -0.05) is 42.0 Å². The van der Waals surface area contributed by atoms with Crippen molar-refractivity contribution in [1.82, 2.24) is 15.5 Å². The number of rotatable bonds is 5. The molecule has 2 N–H and O–H groups in total. The molecular weight excluding hydrogens is 379 g/mol. The number of hydrogen-bond donors (Lipinski definition) is 2. The molecule has 0 saturated carbocycles. The van der Waals surface area contributed by atoms with E-state index in [1.807, 2.05) is 36.4 Å². The van der Waals surface area contributed by atoms with E-state index in [0.717, 1.165) is 24.1 Å². The summed E-state index contributed by atoms with van der Waals surface area (Å²) in [7, 11) is 0. The van der Waals surface area contributed by atoms with Gasteiger partial charge in [-0.15, -0.1) is 12.4 Å². The standard InChI is InChI=1S/C19H24F3N3O.ClH/c20-19(21,22)18(17(26)24-12-15-6-9-23-10-7-15)8-11-25(14-18)13-16-4-2-1-3-5-16;/h1-6,23H,7-14H2,(H,24,26);1H. The first-order valence-electron chi connectivity index (χ1n) is 8.91. The molecule has 1 saturated heterocycles. The number of likely N-dealkylation sites (tertiary alicyclic amines) is 1. The summed E-state index contributed by atoms with van der Waals surface area (Å²) in [6, 6.07) is 9.37. The highest BCUT2D eigenvalue weighted by Crippen LogP contribution is 2.46. The molecule has 0 bridgehead atoms. The Kier molecular flexibility index (Phi) is 7.31. The summed E-state index contributed by atoms with van der Waals surface area (Å²) in [5.41, 5.74) is -0.394. The predicted molar refractivity (Wildman–Crippen MR) is 101 cm³/mol. The number of alkyl halides is 3. The number of benzene rings is 1. The molecule has 27 heavy (non-hydrogen) atoms. The second kappa shape index (κ2) is 9.08. The van der Waals surface area contributed by atoms with Gasteiger partial charge in [0.1, 0.15) is 0 Å². The highest BCUT2D eigenvalue weighted by molar-refractivity contribution is 5.85. The zero-order valence-electron chi connectivity index (χ0n) is 15.0. The van der Waals surface area contributed by atoms with Gasteiger partial charge in [0.15, 0.2) is 5.41 Å². The molecule has 2 heterocycles. The van der Waals surface area contributed by atoms with E-state index >= 15 is 0 Å². The Balaban J connectivity index is 0.00000261. The second-order valence-electron chi connectivity index (χ2n) is 7.03. The molecular formula is C19H25ClF3N3O. The SMILES string of the molecule is Cl.O=C(NCC1=CCNCC1)C1(C(F)(F)F)CCN(Cc2ccccc2)C1. The van der Waals surface area contributed by atoms with Gasteiger partial charge in [-0.3, -0.25) is 9.69 Å². The van der Waals surface area contributed by atoms with Gasteiger partial charge in [-0.05, 0) is 31.5 Å². The molecule has 1 amide bonds. The lowest BCUT2D eigenvalue weighted by Gasteiger charge is -2.31. The molecule has 0 radical (unpaired) electrons. The average Bonchev–Trinajstić information content (AvgIpc) is 3.07. The van der Waals surface area contributed by atoms with Crippen molar-refractivity contribution in [3.05, 3.63) is 47.5 Å². The van der Waals surface area contributed by atoms with Crippen molar-refractivity contribution >= 4 is 18.3 Å². The molecule has 1 fully saturated rings. The summed E-state index contributed by atoms with van der Waals surface area (Å²) < 4.78 is 41.5. The number of nitrogens with one attached hydrogen (secondary N) is 2. The van der Waals surface area contributed by atoms with Crippen LogP contribution in [0.1, 0.15) is 18.4 Å². The number of hydrogen-bond acceptors (Lipinski definition) is 3. The number of carbonyl (C=O) groups is 1. The fourth-order valence-electron chi connectivity index (χ4n) is 3.60. The smallest absolute Gasteiger partial charge is 0.352 e. The van der Waals surface area contributed by atoms with Crippen LogP contribution in [0, 0.1) is 5.41 Å². The van der Waals surface area contributed by atoms with Crippen molar-refractivity contribution in [2.24, 2.45) is 5.41 Å². The fraction of sp³-hybridized carbons (Fsp3) is 0.526. The van der Waals surface area contributed by atoms with E-state index in [4.69, 9.17) is 0 Å². The lowest BCUT2D eigenvalue weighted by Crippen LogP contribution is -2.52. The second-order valence-corrected chi connectivity index (χ2v) is 7.03. The van der Waals surface area contributed by atoms with Gasteiger partial charge in [-0.25, -0.2) is 0 Å². The quantitative estimate of drug-likeness (QED) is 0.743. The summed E-state index contributed by atoms with van der Waals surface area (Å²) in [5.74, 6) is -0.903. The minimum absolute atomic E-state index is 0. The van der Waals surface area contributed by atoms with Crippen molar-refractivity contribution in [2.45, 2.75) is 25.6 Å². The Hall–Kier alpha value is -1.57. The summed E-state index contributed by atoms with van der Waals surface area (Å²) in [5, 5.41) is 5.69. The van der Waals surface area contributed by atoms with E-state index in [9.17, 15) is 18.0 Å². The van der Waals surface area contributed by atoms with E-state index in [0.29, 0.717) is 13.1 Å². The molecule has 1 atom stereocenters. The maximum Gasteiger partial charge on any atom is 0.404 e. The average molecular weight is 404 g/mol. The van der Waals surface area contributed by atoms with Gasteiger partial charge in [0.2, 0.25) is 5.91 Å². The van der Waals surface area contributed by atoms with E-state index < -0.39 is 17.5 Å². The fourth-order valence-corrected chi connectivity index (χ4v) is 3.60. The molecule has 4 nitrogen and oxygen atoms in total. The molecule has 3 rings (SSSR count). The topological polar surface area (TPSA) is 44.4 Å². The van der Waals surface area contributed by atoms with Crippen LogP contribution in [0.25, 0.3) is 0 Å². The van der Waals surface area contributed by atoms with E-state index in [2.05, 4.69) is 10.6 Å². The van der Waals surface area contributed by atoms with Crippen LogP contribution in [-0.4, -0.2) is 49.7 Å². The number of amides is 1. The Labute approximate surface area is 163 Å². The first-order valence-corrected chi connectivity index (χ1v) is 8.91. The first-order chi connectivity index (χ1) is 12.4. The van der Waals surface area contributed by atoms with Crippen LogP contribution < -0.4 is 10.6 Å². The Morgan fingerprint density at radius 1 is 1.26 bits per heavy atom. The van der Waals surface area contributed by atoms with Gasteiger partial charge in [0.05, 0.1) is 0 Å². The van der Waals surface area contributed by atoms with Crippen LogP contribution in [0.2, 0.25) is 0 Å². The molecule has 0 spiro atoms. The summed E-state index contributed by atoms with van der Waals surface area (Å²) in [4.78, 5) is 14.3. The summed E-state index contributed by atoms with van der Waals surface area (Å²) in [6.45, 7) is 2.06. The highest BCUT2D eigenvalue weighted by atomic mass is 35.5. The van der Waals surface area contributed by atoms with Gasteiger partial charge in [0.25, 0.3) is 0 Å². The lowest BCUT2D eigenvalue weighted by molar-refractivity contribution is -0.218. The Morgan fingerprint density at radius 2 is 2.00 bits per heavy atom. The van der Waals surface area contributed by atoms with Gasteiger partial charge < -0.3 is 10.6 Å². The maximum absolute atomic E-state index is 13.8. The summed E-state index contributed by atoms with van der Waals surface area (Å²) in [6.07, 6.45) is -2.08. The van der Waals surface area contributed by atoms with Crippen molar-refractivity contribution in [1.29, 1.82) is 0 Å². The van der Waals surface area contributed by atoms with Gasteiger partial charge >= 0.3 is 6.18 Å². The van der Waals surface area contributed by atoms with E-state index in [1.165, 1.54) is 0 Å². The maximum atomic E-state index is 13.8. The van der Waals surface area contributed by atoms with Gasteiger partial charge in [0, 0.05) is 26.2 Å².